The minimum Gasteiger partial charge on any atom is -0.480 e. The number of carboxylic acid groups (broad SMARTS) is 1. The zero-order valence-electron chi connectivity index (χ0n) is 16.0. The standard InChI is InChI=1S/C18H30N2O5/c1-12(2)11-14(19(6)17(24)25-18(3,4)5)15(21)20-10-8-7-9-13(20)16(22)23/h7-8,12-14H,9-11H2,1-6H3,(H,22,23). The summed E-state index contributed by atoms with van der Waals surface area (Å²) in [6.45, 7) is 9.41. The number of nitrogens with zero attached hydrogens (tertiary/aromatic N) is 2. The van der Waals surface area contributed by atoms with Gasteiger partial charge >= 0.3 is 12.1 Å². The van der Waals surface area contributed by atoms with Gasteiger partial charge in [0.1, 0.15) is 17.7 Å². The van der Waals surface area contributed by atoms with Crippen LogP contribution in [-0.4, -0.2) is 64.2 Å². The summed E-state index contributed by atoms with van der Waals surface area (Å²) in [4.78, 5) is 39.5. The molecule has 2 unspecified atom stereocenters. The lowest BCUT2D eigenvalue weighted by atomic mass is 9.99. The summed E-state index contributed by atoms with van der Waals surface area (Å²) in [7, 11) is 1.52. The highest BCUT2D eigenvalue weighted by Gasteiger charge is 2.38. The van der Waals surface area contributed by atoms with Crippen LogP contribution in [0.5, 0.6) is 0 Å². The molecule has 1 heterocycles. The summed E-state index contributed by atoms with van der Waals surface area (Å²) >= 11 is 0. The summed E-state index contributed by atoms with van der Waals surface area (Å²) in [5, 5.41) is 9.39. The topological polar surface area (TPSA) is 87.2 Å². The van der Waals surface area contributed by atoms with Crippen molar-refractivity contribution in [1.29, 1.82) is 0 Å². The summed E-state index contributed by atoms with van der Waals surface area (Å²) in [6.07, 6.45) is 3.65. The van der Waals surface area contributed by atoms with Crippen molar-refractivity contribution < 1.29 is 24.2 Å². The maximum atomic E-state index is 13.0. The van der Waals surface area contributed by atoms with Crippen molar-refractivity contribution in [3.05, 3.63) is 12.2 Å². The van der Waals surface area contributed by atoms with Crippen molar-refractivity contribution in [1.82, 2.24) is 9.80 Å². The van der Waals surface area contributed by atoms with E-state index in [0.717, 1.165) is 0 Å². The third-order valence-electron chi connectivity index (χ3n) is 3.90. The number of rotatable bonds is 5. The van der Waals surface area contributed by atoms with Gasteiger partial charge in [-0.3, -0.25) is 9.69 Å². The zero-order valence-corrected chi connectivity index (χ0v) is 16.0. The second-order valence-corrected chi connectivity index (χ2v) is 7.79. The minimum atomic E-state index is -1.04. The van der Waals surface area contributed by atoms with Gasteiger partial charge in [-0.1, -0.05) is 26.0 Å². The Morgan fingerprint density at radius 1 is 1.28 bits per heavy atom. The predicted molar refractivity (Wildman–Crippen MR) is 94.1 cm³/mol. The van der Waals surface area contributed by atoms with Gasteiger partial charge in [0.05, 0.1) is 0 Å². The molecule has 25 heavy (non-hydrogen) atoms. The van der Waals surface area contributed by atoms with Gasteiger partial charge in [-0.25, -0.2) is 9.59 Å². The number of hydrogen-bond acceptors (Lipinski definition) is 4. The zero-order chi connectivity index (χ0) is 19.4. The highest BCUT2D eigenvalue weighted by Crippen LogP contribution is 2.20. The van der Waals surface area contributed by atoms with E-state index < -0.39 is 29.7 Å². The average Bonchev–Trinajstić information content (AvgIpc) is 2.49. The van der Waals surface area contributed by atoms with Crippen LogP contribution >= 0.6 is 0 Å². The van der Waals surface area contributed by atoms with Crippen LogP contribution in [0, 0.1) is 5.92 Å². The Kier molecular flexibility index (Phi) is 7.02. The van der Waals surface area contributed by atoms with E-state index >= 15 is 0 Å². The first-order chi connectivity index (χ1) is 11.4. The van der Waals surface area contributed by atoms with Gasteiger partial charge in [-0.2, -0.15) is 0 Å². The molecule has 0 aromatic heterocycles. The summed E-state index contributed by atoms with van der Waals surface area (Å²) in [5.41, 5.74) is -0.672. The Bertz CT molecular complexity index is 536. The number of aliphatic carboxylic acids is 1. The molecule has 0 aromatic rings. The van der Waals surface area contributed by atoms with Crippen LogP contribution in [0.2, 0.25) is 0 Å². The van der Waals surface area contributed by atoms with Crippen molar-refractivity contribution in [3.8, 4) is 0 Å². The number of carbonyl (C=O) groups excluding carboxylic acids is 2. The molecule has 0 spiro atoms. The van der Waals surface area contributed by atoms with E-state index in [0.29, 0.717) is 6.42 Å². The molecule has 2 atom stereocenters. The van der Waals surface area contributed by atoms with Crippen LogP contribution in [0.4, 0.5) is 4.79 Å². The number of carboxylic acids is 1. The van der Waals surface area contributed by atoms with Crippen LogP contribution in [0.1, 0.15) is 47.5 Å². The van der Waals surface area contributed by atoms with Gasteiger partial charge < -0.3 is 14.7 Å². The summed E-state index contributed by atoms with van der Waals surface area (Å²) in [6, 6.07) is -1.66. The molecule has 2 amide bonds. The summed E-state index contributed by atoms with van der Waals surface area (Å²) in [5.74, 6) is -1.25. The lowest BCUT2D eigenvalue weighted by molar-refractivity contribution is -0.152. The Balaban J connectivity index is 3.04. The molecule has 1 rings (SSSR count). The van der Waals surface area contributed by atoms with E-state index in [-0.39, 0.29) is 24.8 Å². The predicted octanol–water partition coefficient (Wildman–Crippen LogP) is 2.51. The van der Waals surface area contributed by atoms with Crippen molar-refractivity contribution in [2.75, 3.05) is 13.6 Å². The molecule has 7 heteroatoms. The first-order valence-electron chi connectivity index (χ1n) is 8.58. The van der Waals surface area contributed by atoms with Crippen molar-refractivity contribution in [3.63, 3.8) is 0 Å². The number of likely N-dealkylation sites (N-methyl/N-ethyl adjacent to an activating group) is 1. The van der Waals surface area contributed by atoms with Crippen LogP contribution in [0.15, 0.2) is 12.2 Å². The van der Waals surface area contributed by atoms with Crippen LogP contribution < -0.4 is 0 Å². The van der Waals surface area contributed by atoms with E-state index in [2.05, 4.69) is 0 Å². The molecule has 0 saturated heterocycles. The lowest BCUT2D eigenvalue weighted by Crippen LogP contribution is -2.55. The molecule has 0 aliphatic carbocycles. The first kappa shape index (κ1) is 21.0. The maximum Gasteiger partial charge on any atom is 0.410 e. The third-order valence-corrected chi connectivity index (χ3v) is 3.90. The van der Waals surface area contributed by atoms with Crippen LogP contribution in [0.3, 0.4) is 0 Å². The maximum absolute atomic E-state index is 13.0. The van der Waals surface area contributed by atoms with Gasteiger partial charge in [0.2, 0.25) is 5.91 Å². The molecule has 0 radical (unpaired) electrons. The fraction of sp³-hybridized carbons (Fsp3) is 0.722. The molecule has 0 fully saturated rings. The Hall–Kier alpha value is -2.05. The molecule has 142 valence electrons. The third kappa shape index (κ3) is 6.07. The van der Waals surface area contributed by atoms with Crippen molar-refractivity contribution in [2.45, 2.75) is 65.1 Å². The van der Waals surface area contributed by atoms with Gasteiger partial charge in [0.25, 0.3) is 0 Å². The van der Waals surface area contributed by atoms with E-state index in [4.69, 9.17) is 4.74 Å². The fourth-order valence-electron chi connectivity index (χ4n) is 2.67. The minimum absolute atomic E-state index is 0.155. The Morgan fingerprint density at radius 2 is 1.88 bits per heavy atom. The highest BCUT2D eigenvalue weighted by molar-refractivity contribution is 5.89. The monoisotopic (exact) mass is 354 g/mol. The van der Waals surface area contributed by atoms with Crippen LogP contribution in [-0.2, 0) is 14.3 Å². The molecule has 1 aliphatic rings. The number of carbonyl (C=O) groups is 3. The quantitative estimate of drug-likeness (QED) is 0.767. The molecule has 0 aromatic carbocycles. The Morgan fingerprint density at radius 3 is 2.36 bits per heavy atom. The van der Waals surface area contributed by atoms with Crippen molar-refractivity contribution >= 4 is 18.0 Å². The first-order valence-corrected chi connectivity index (χ1v) is 8.58. The molecule has 0 bridgehead atoms. The molecule has 1 aliphatic heterocycles. The number of ether oxygens (including phenoxy) is 1. The molecule has 7 nitrogen and oxygen atoms in total. The molecule has 1 N–H and O–H groups in total. The smallest absolute Gasteiger partial charge is 0.410 e. The second kappa shape index (κ2) is 8.36. The van der Waals surface area contributed by atoms with E-state index in [1.54, 1.807) is 32.9 Å². The Labute approximate surface area is 149 Å². The van der Waals surface area contributed by atoms with Gasteiger partial charge in [0.15, 0.2) is 0 Å². The van der Waals surface area contributed by atoms with Gasteiger partial charge in [-0.05, 0) is 39.5 Å². The number of hydrogen-bond donors (Lipinski definition) is 1. The van der Waals surface area contributed by atoms with Crippen LogP contribution in [0.25, 0.3) is 0 Å². The second-order valence-electron chi connectivity index (χ2n) is 7.79. The SMILES string of the molecule is CC(C)CC(C(=O)N1CC=CCC1C(=O)O)N(C)C(=O)OC(C)(C)C. The van der Waals surface area contributed by atoms with Crippen molar-refractivity contribution in [2.24, 2.45) is 5.92 Å². The normalized spacial score (nSPS) is 18.8. The van der Waals surface area contributed by atoms with E-state index in [1.807, 2.05) is 13.8 Å². The molecular formula is C18H30N2O5. The fourth-order valence-corrected chi connectivity index (χ4v) is 2.67. The van der Waals surface area contributed by atoms with E-state index in [1.165, 1.54) is 16.8 Å². The van der Waals surface area contributed by atoms with Gasteiger partial charge in [-0.15, -0.1) is 0 Å². The largest absolute Gasteiger partial charge is 0.480 e. The lowest BCUT2D eigenvalue weighted by Gasteiger charge is -2.37. The molecular weight excluding hydrogens is 324 g/mol. The molecule has 0 saturated carbocycles. The summed E-state index contributed by atoms with van der Waals surface area (Å²) < 4.78 is 5.36. The van der Waals surface area contributed by atoms with Gasteiger partial charge in [0, 0.05) is 13.6 Å². The average molecular weight is 354 g/mol. The van der Waals surface area contributed by atoms with E-state index in [9.17, 15) is 19.5 Å². The number of amides is 2. The highest BCUT2D eigenvalue weighted by atomic mass is 16.6.